The monoisotopic (exact) mass is 252 g/mol. The molecule has 2 bridgehead atoms. The molecule has 5 heteroatoms. The molecule has 3 aliphatic rings. The molecule has 1 aliphatic carbocycles. The van der Waals surface area contributed by atoms with Crippen molar-refractivity contribution in [2.75, 3.05) is 0 Å². The summed E-state index contributed by atoms with van der Waals surface area (Å²) in [4.78, 5) is 25.6. The average Bonchev–Trinajstić information content (AvgIpc) is 3.02. The van der Waals surface area contributed by atoms with Crippen LogP contribution in [0.1, 0.15) is 44.9 Å². The summed E-state index contributed by atoms with van der Waals surface area (Å²) in [7, 11) is 0. The molecule has 0 spiro atoms. The number of carbonyl (C=O) groups excluding carboxylic acids is 1. The molecule has 3 fully saturated rings. The zero-order chi connectivity index (χ0) is 12.9. The Balaban J connectivity index is 1.81. The number of aliphatic carboxylic acids is 1. The van der Waals surface area contributed by atoms with Crippen LogP contribution in [-0.4, -0.2) is 39.5 Å². The molecule has 1 amide bonds. The smallest absolute Gasteiger partial charge is 0.308 e. The van der Waals surface area contributed by atoms with Crippen LogP contribution < -0.4 is 5.73 Å². The molecule has 0 aromatic heterocycles. The molecule has 3 N–H and O–H groups in total. The number of carboxylic acids is 1. The summed E-state index contributed by atoms with van der Waals surface area (Å²) in [5, 5.41) is 9.20. The number of nitrogens with zero attached hydrogens (tertiary/aromatic N) is 1. The summed E-state index contributed by atoms with van der Waals surface area (Å²) in [6.07, 6.45) is 5.89. The molecule has 2 aliphatic heterocycles. The van der Waals surface area contributed by atoms with Crippen LogP contribution in [0.5, 0.6) is 0 Å². The summed E-state index contributed by atoms with van der Waals surface area (Å²) < 4.78 is 0. The number of carboxylic acid groups (broad SMARTS) is 1. The minimum absolute atomic E-state index is 0.0104. The second kappa shape index (κ2) is 3.95. The number of nitrogens with two attached hydrogens (primary N) is 1. The van der Waals surface area contributed by atoms with Gasteiger partial charge in [0, 0.05) is 12.1 Å². The minimum atomic E-state index is -0.766. The lowest BCUT2D eigenvalue weighted by molar-refractivity contribution is -0.144. The lowest BCUT2D eigenvalue weighted by Crippen LogP contribution is -2.55. The molecule has 0 aromatic carbocycles. The Morgan fingerprint density at radius 2 is 1.89 bits per heavy atom. The van der Waals surface area contributed by atoms with E-state index in [1.165, 1.54) is 0 Å². The first-order valence-electron chi connectivity index (χ1n) is 6.87. The number of carbonyl (C=O) groups is 2. The maximum absolute atomic E-state index is 12.6. The standard InChI is InChI=1S/C13H20N2O3/c14-13(5-1-2-6-13)12(18)15-8-3-4-10(15)9(7-8)11(16)17/h8-10H,1-7,14H2,(H,16,17). The topological polar surface area (TPSA) is 83.6 Å². The van der Waals surface area contributed by atoms with E-state index in [1.54, 1.807) is 0 Å². The van der Waals surface area contributed by atoms with E-state index in [1.807, 2.05) is 4.90 Å². The molecular formula is C13H20N2O3. The maximum atomic E-state index is 12.6. The Morgan fingerprint density at radius 3 is 2.44 bits per heavy atom. The van der Waals surface area contributed by atoms with Crippen molar-refractivity contribution < 1.29 is 14.7 Å². The Kier molecular flexibility index (Phi) is 2.62. The third-order valence-electron chi connectivity index (χ3n) is 5.01. The van der Waals surface area contributed by atoms with Gasteiger partial charge in [-0.25, -0.2) is 0 Å². The predicted octanol–water partition coefficient (Wildman–Crippen LogP) is 0.722. The lowest BCUT2D eigenvalue weighted by Gasteiger charge is -2.32. The first-order chi connectivity index (χ1) is 8.53. The minimum Gasteiger partial charge on any atom is -0.481 e. The molecular weight excluding hydrogens is 232 g/mol. The van der Waals surface area contributed by atoms with Gasteiger partial charge < -0.3 is 15.7 Å². The second-order valence-corrected chi connectivity index (χ2v) is 6.05. The van der Waals surface area contributed by atoms with Gasteiger partial charge in [-0.15, -0.1) is 0 Å². The van der Waals surface area contributed by atoms with E-state index in [0.29, 0.717) is 6.42 Å². The Bertz CT molecular complexity index is 390. The fourth-order valence-corrected chi connectivity index (χ4v) is 4.05. The summed E-state index contributed by atoms with van der Waals surface area (Å²) in [6.45, 7) is 0. The Morgan fingerprint density at radius 1 is 1.22 bits per heavy atom. The van der Waals surface area contributed by atoms with Gasteiger partial charge in [0.25, 0.3) is 0 Å². The fourth-order valence-electron chi connectivity index (χ4n) is 4.05. The van der Waals surface area contributed by atoms with Crippen molar-refractivity contribution in [2.45, 2.75) is 62.6 Å². The van der Waals surface area contributed by atoms with Crippen molar-refractivity contribution in [3.05, 3.63) is 0 Å². The molecule has 3 unspecified atom stereocenters. The molecule has 0 radical (unpaired) electrons. The van der Waals surface area contributed by atoms with Crippen LogP contribution in [-0.2, 0) is 9.59 Å². The van der Waals surface area contributed by atoms with Crippen LogP contribution in [0.25, 0.3) is 0 Å². The van der Waals surface area contributed by atoms with Crippen LogP contribution in [0.4, 0.5) is 0 Å². The van der Waals surface area contributed by atoms with Gasteiger partial charge >= 0.3 is 5.97 Å². The van der Waals surface area contributed by atoms with Gasteiger partial charge in [0.15, 0.2) is 0 Å². The zero-order valence-corrected chi connectivity index (χ0v) is 10.5. The van der Waals surface area contributed by atoms with E-state index in [2.05, 4.69) is 0 Å². The predicted molar refractivity (Wildman–Crippen MR) is 64.8 cm³/mol. The van der Waals surface area contributed by atoms with Crippen molar-refractivity contribution in [1.82, 2.24) is 4.90 Å². The van der Waals surface area contributed by atoms with Crippen LogP contribution in [0.3, 0.4) is 0 Å². The highest BCUT2D eigenvalue weighted by Crippen LogP contribution is 2.44. The van der Waals surface area contributed by atoms with Crippen molar-refractivity contribution in [2.24, 2.45) is 11.7 Å². The number of fused-ring (bicyclic) bond motifs is 2. The van der Waals surface area contributed by atoms with Crippen LogP contribution in [0.15, 0.2) is 0 Å². The van der Waals surface area contributed by atoms with Gasteiger partial charge in [-0.2, -0.15) is 0 Å². The summed E-state index contributed by atoms with van der Waals surface area (Å²) in [5.74, 6) is -1.13. The van der Waals surface area contributed by atoms with E-state index in [0.717, 1.165) is 38.5 Å². The van der Waals surface area contributed by atoms with Crippen molar-refractivity contribution in [3.8, 4) is 0 Å². The highest BCUT2D eigenvalue weighted by molar-refractivity contribution is 5.88. The highest BCUT2D eigenvalue weighted by atomic mass is 16.4. The van der Waals surface area contributed by atoms with E-state index in [9.17, 15) is 14.7 Å². The van der Waals surface area contributed by atoms with Gasteiger partial charge in [0.05, 0.1) is 11.5 Å². The zero-order valence-electron chi connectivity index (χ0n) is 10.5. The average molecular weight is 252 g/mol. The van der Waals surface area contributed by atoms with Crippen molar-refractivity contribution in [3.63, 3.8) is 0 Å². The van der Waals surface area contributed by atoms with E-state index in [-0.39, 0.29) is 23.9 Å². The number of rotatable bonds is 2. The summed E-state index contributed by atoms with van der Waals surface area (Å²) in [6, 6.07) is 0.00523. The van der Waals surface area contributed by atoms with Gasteiger partial charge in [0.2, 0.25) is 5.91 Å². The molecule has 0 aromatic rings. The number of hydrogen-bond acceptors (Lipinski definition) is 3. The lowest BCUT2D eigenvalue weighted by atomic mass is 9.89. The fraction of sp³-hybridized carbons (Fsp3) is 0.846. The van der Waals surface area contributed by atoms with Gasteiger partial charge in [-0.05, 0) is 32.1 Å². The van der Waals surface area contributed by atoms with Crippen LogP contribution in [0, 0.1) is 5.92 Å². The van der Waals surface area contributed by atoms with Gasteiger partial charge in [0.1, 0.15) is 0 Å². The molecule has 3 atom stereocenters. The molecule has 5 nitrogen and oxygen atoms in total. The van der Waals surface area contributed by atoms with E-state index in [4.69, 9.17) is 5.73 Å². The number of hydrogen-bond donors (Lipinski definition) is 2. The molecule has 2 saturated heterocycles. The van der Waals surface area contributed by atoms with Gasteiger partial charge in [-0.3, -0.25) is 9.59 Å². The van der Waals surface area contributed by atoms with Crippen LogP contribution >= 0.6 is 0 Å². The Hall–Kier alpha value is -1.10. The summed E-state index contributed by atoms with van der Waals surface area (Å²) in [5.41, 5.74) is 5.50. The molecule has 18 heavy (non-hydrogen) atoms. The first kappa shape index (κ1) is 12.0. The molecule has 100 valence electrons. The summed E-state index contributed by atoms with van der Waals surface area (Å²) >= 11 is 0. The first-order valence-corrected chi connectivity index (χ1v) is 6.87. The van der Waals surface area contributed by atoms with Crippen molar-refractivity contribution >= 4 is 11.9 Å². The molecule has 1 saturated carbocycles. The molecule has 3 rings (SSSR count). The largest absolute Gasteiger partial charge is 0.481 e. The van der Waals surface area contributed by atoms with Gasteiger partial charge in [-0.1, -0.05) is 12.8 Å². The normalized spacial score (nSPS) is 37.2. The Labute approximate surface area is 106 Å². The van der Waals surface area contributed by atoms with Crippen molar-refractivity contribution in [1.29, 1.82) is 0 Å². The third kappa shape index (κ3) is 1.56. The highest BCUT2D eigenvalue weighted by Gasteiger charge is 2.54. The third-order valence-corrected chi connectivity index (χ3v) is 5.01. The second-order valence-electron chi connectivity index (χ2n) is 6.05. The maximum Gasteiger partial charge on any atom is 0.308 e. The number of amides is 1. The van der Waals surface area contributed by atoms with Crippen LogP contribution in [0.2, 0.25) is 0 Å². The van der Waals surface area contributed by atoms with E-state index >= 15 is 0 Å². The molecule has 2 heterocycles. The van der Waals surface area contributed by atoms with E-state index < -0.39 is 11.5 Å². The SMILES string of the molecule is NC1(C(=O)N2C3CCC2C(C(=O)O)C3)CCCC1. The quantitative estimate of drug-likeness (QED) is 0.758.